The summed E-state index contributed by atoms with van der Waals surface area (Å²) in [4.78, 5) is 14.5. The first-order chi connectivity index (χ1) is 11.6. The van der Waals surface area contributed by atoms with Gasteiger partial charge in [0.25, 0.3) is 0 Å². The van der Waals surface area contributed by atoms with Crippen molar-refractivity contribution in [2.24, 2.45) is 0 Å². The van der Waals surface area contributed by atoms with Crippen LogP contribution in [0.2, 0.25) is 0 Å². The largest absolute Gasteiger partial charge is 0.339 e. The van der Waals surface area contributed by atoms with Crippen molar-refractivity contribution in [1.82, 2.24) is 19.7 Å². The molecule has 0 aliphatic carbocycles. The molecule has 2 aromatic rings. The molecule has 6 heteroatoms. The highest BCUT2D eigenvalue weighted by atomic mass is 32.2. The van der Waals surface area contributed by atoms with E-state index < -0.39 is 0 Å². The summed E-state index contributed by atoms with van der Waals surface area (Å²) in [6, 6.07) is 10.6. The molecular weight excluding hydrogens is 320 g/mol. The maximum atomic E-state index is 12.5. The van der Waals surface area contributed by atoms with Crippen molar-refractivity contribution in [3.63, 3.8) is 0 Å². The van der Waals surface area contributed by atoms with Gasteiger partial charge in [-0.15, -0.1) is 10.2 Å². The fourth-order valence-electron chi connectivity index (χ4n) is 3.09. The Morgan fingerprint density at radius 1 is 1.25 bits per heavy atom. The number of aryl methyl sites for hydroxylation is 1. The molecule has 0 N–H and O–H groups in total. The van der Waals surface area contributed by atoms with Crippen molar-refractivity contribution < 1.29 is 4.79 Å². The van der Waals surface area contributed by atoms with Crippen molar-refractivity contribution in [2.45, 2.75) is 50.9 Å². The van der Waals surface area contributed by atoms with Gasteiger partial charge in [0, 0.05) is 12.6 Å². The second-order valence-corrected chi connectivity index (χ2v) is 7.26. The third kappa shape index (κ3) is 3.98. The normalized spacial score (nSPS) is 17.9. The van der Waals surface area contributed by atoms with Crippen LogP contribution < -0.4 is 0 Å². The maximum Gasteiger partial charge on any atom is 0.233 e. The fourth-order valence-corrected chi connectivity index (χ4v) is 3.96. The summed E-state index contributed by atoms with van der Waals surface area (Å²) in [5.74, 6) is 1.51. The molecule has 1 saturated heterocycles. The van der Waals surface area contributed by atoms with Crippen LogP contribution in [0.1, 0.15) is 37.6 Å². The van der Waals surface area contributed by atoms with Crippen LogP contribution in [0.3, 0.4) is 0 Å². The Morgan fingerprint density at radius 2 is 2.04 bits per heavy atom. The molecule has 1 amide bonds. The molecule has 128 valence electrons. The number of hydrogen-bond donors (Lipinski definition) is 0. The topological polar surface area (TPSA) is 51.0 Å². The van der Waals surface area contributed by atoms with E-state index >= 15 is 0 Å². The maximum absolute atomic E-state index is 12.5. The molecule has 1 aliphatic rings. The second kappa shape index (κ2) is 7.83. The zero-order valence-corrected chi connectivity index (χ0v) is 15.1. The summed E-state index contributed by atoms with van der Waals surface area (Å²) in [6.07, 6.45) is 3.45. The van der Waals surface area contributed by atoms with E-state index in [0.29, 0.717) is 11.8 Å². The van der Waals surface area contributed by atoms with Gasteiger partial charge in [-0.25, -0.2) is 0 Å². The van der Waals surface area contributed by atoms with E-state index in [2.05, 4.69) is 33.8 Å². The van der Waals surface area contributed by atoms with Crippen LogP contribution in [-0.2, 0) is 11.3 Å². The number of carbonyl (C=O) groups excluding carboxylic acids is 1. The number of carbonyl (C=O) groups is 1. The molecule has 1 unspecified atom stereocenters. The summed E-state index contributed by atoms with van der Waals surface area (Å²) in [6.45, 7) is 5.71. The van der Waals surface area contributed by atoms with Crippen LogP contribution in [0.15, 0.2) is 35.5 Å². The Labute approximate surface area is 147 Å². The Hall–Kier alpha value is -1.82. The monoisotopic (exact) mass is 344 g/mol. The second-order valence-electron chi connectivity index (χ2n) is 6.32. The van der Waals surface area contributed by atoms with Crippen molar-refractivity contribution >= 4 is 17.7 Å². The van der Waals surface area contributed by atoms with Crippen LogP contribution in [0.5, 0.6) is 0 Å². The number of benzene rings is 1. The standard InChI is InChI=1S/C18H24N4OS/c1-14-8-6-7-11-21(14)17(23)13-24-18-20-19-15(2)22(18)12-16-9-4-3-5-10-16/h3-5,9-10,14H,6-8,11-13H2,1-2H3. The summed E-state index contributed by atoms with van der Waals surface area (Å²) in [5, 5.41) is 9.25. The van der Waals surface area contributed by atoms with Crippen LogP contribution in [0.25, 0.3) is 0 Å². The van der Waals surface area contributed by atoms with Gasteiger partial charge in [-0.05, 0) is 38.7 Å². The lowest BCUT2D eigenvalue weighted by molar-refractivity contribution is -0.131. The Balaban J connectivity index is 1.64. The van der Waals surface area contributed by atoms with Crippen LogP contribution >= 0.6 is 11.8 Å². The highest BCUT2D eigenvalue weighted by molar-refractivity contribution is 7.99. The number of thioether (sulfide) groups is 1. The molecule has 0 saturated carbocycles. The molecule has 3 rings (SSSR count). The number of nitrogens with zero attached hydrogens (tertiary/aromatic N) is 4. The molecule has 24 heavy (non-hydrogen) atoms. The molecule has 1 aliphatic heterocycles. The molecular formula is C18H24N4OS. The van der Waals surface area contributed by atoms with Crippen molar-refractivity contribution in [3.05, 3.63) is 41.7 Å². The van der Waals surface area contributed by atoms with Gasteiger partial charge >= 0.3 is 0 Å². The van der Waals surface area contributed by atoms with Crippen LogP contribution in [-0.4, -0.2) is 43.9 Å². The predicted octanol–water partition coefficient (Wildman–Crippen LogP) is 3.13. The number of likely N-dealkylation sites (tertiary alicyclic amines) is 1. The van der Waals surface area contributed by atoms with Gasteiger partial charge in [-0.1, -0.05) is 42.1 Å². The highest BCUT2D eigenvalue weighted by Crippen LogP contribution is 2.22. The number of rotatable bonds is 5. The minimum atomic E-state index is 0.208. The van der Waals surface area contributed by atoms with Gasteiger partial charge in [0.15, 0.2) is 5.16 Å². The summed E-state index contributed by atoms with van der Waals surface area (Å²) < 4.78 is 2.08. The third-order valence-electron chi connectivity index (χ3n) is 4.53. The van der Waals surface area contributed by atoms with Crippen LogP contribution in [0, 0.1) is 6.92 Å². The van der Waals surface area contributed by atoms with E-state index in [4.69, 9.17) is 0 Å². The van der Waals surface area contributed by atoms with Crippen molar-refractivity contribution in [2.75, 3.05) is 12.3 Å². The lowest BCUT2D eigenvalue weighted by Gasteiger charge is -2.33. The molecule has 1 fully saturated rings. The Bertz CT molecular complexity index is 686. The average Bonchev–Trinajstić information content (AvgIpc) is 2.94. The number of hydrogen-bond acceptors (Lipinski definition) is 4. The first kappa shape index (κ1) is 17.0. The van der Waals surface area contributed by atoms with E-state index in [1.807, 2.05) is 30.0 Å². The predicted molar refractivity (Wildman–Crippen MR) is 96.1 cm³/mol. The summed E-state index contributed by atoms with van der Waals surface area (Å²) >= 11 is 1.49. The number of aromatic nitrogens is 3. The highest BCUT2D eigenvalue weighted by Gasteiger charge is 2.23. The molecule has 1 aromatic carbocycles. The smallest absolute Gasteiger partial charge is 0.233 e. The molecule has 5 nitrogen and oxygen atoms in total. The third-order valence-corrected chi connectivity index (χ3v) is 5.48. The van der Waals surface area contributed by atoms with Crippen molar-refractivity contribution in [3.8, 4) is 0 Å². The van der Waals surface area contributed by atoms with E-state index in [1.54, 1.807) is 0 Å². The SMILES string of the molecule is Cc1nnc(SCC(=O)N2CCCCC2C)n1Cc1ccccc1. The minimum Gasteiger partial charge on any atom is -0.339 e. The van der Waals surface area contributed by atoms with Crippen LogP contribution in [0.4, 0.5) is 0 Å². The zero-order valence-electron chi connectivity index (χ0n) is 14.3. The molecule has 0 bridgehead atoms. The van der Waals surface area contributed by atoms with E-state index in [9.17, 15) is 4.79 Å². The molecule has 2 heterocycles. The molecule has 0 spiro atoms. The van der Waals surface area contributed by atoms with Gasteiger partial charge in [0.05, 0.1) is 12.3 Å². The van der Waals surface area contributed by atoms with Gasteiger partial charge in [-0.2, -0.15) is 0 Å². The van der Waals surface area contributed by atoms with E-state index in [0.717, 1.165) is 36.9 Å². The molecule has 0 radical (unpaired) electrons. The van der Waals surface area contributed by atoms with Gasteiger partial charge < -0.3 is 9.47 Å². The molecule has 1 atom stereocenters. The summed E-state index contributed by atoms with van der Waals surface area (Å²) in [5.41, 5.74) is 1.21. The first-order valence-corrected chi connectivity index (χ1v) is 9.49. The number of piperidine rings is 1. The minimum absolute atomic E-state index is 0.208. The lowest BCUT2D eigenvalue weighted by Crippen LogP contribution is -2.43. The van der Waals surface area contributed by atoms with Gasteiger partial charge in [0.1, 0.15) is 5.82 Å². The molecule has 1 aromatic heterocycles. The zero-order chi connectivity index (χ0) is 16.9. The summed E-state index contributed by atoms with van der Waals surface area (Å²) in [7, 11) is 0. The van der Waals surface area contributed by atoms with Gasteiger partial charge in [-0.3, -0.25) is 4.79 Å². The number of amides is 1. The quantitative estimate of drug-likeness (QED) is 0.782. The van der Waals surface area contributed by atoms with E-state index in [-0.39, 0.29) is 5.91 Å². The lowest BCUT2D eigenvalue weighted by atomic mass is 10.0. The Kier molecular flexibility index (Phi) is 5.56. The first-order valence-electron chi connectivity index (χ1n) is 8.51. The van der Waals surface area contributed by atoms with Gasteiger partial charge in [0.2, 0.25) is 5.91 Å². The average molecular weight is 344 g/mol. The van der Waals surface area contributed by atoms with E-state index in [1.165, 1.54) is 23.7 Å². The fraction of sp³-hybridized carbons (Fsp3) is 0.500. The Morgan fingerprint density at radius 3 is 2.79 bits per heavy atom. The van der Waals surface area contributed by atoms with Crippen molar-refractivity contribution in [1.29, 1.82) is 0 Å².